The minimum absolute atomic E-state index is 0.0860. The quantitative estimate of drug-likeness (QED) is 0.716. The molecular formula is C13H9ClFPS. The fourth-order valence-electron chi connectivity index (χ4n) is 1.60. The molecule has 0 aliphatic heterocycles. The minimum atomic E-state index is -0.232. The van der Waals surface area contributed by atoms with Gasteiger partial charge in [-0.05, 0) is 42.7 Å². The van der Waals surface area contributed by atoms with E-state index in [1.807, 2.05) is 24.3 Å². The van der Waals surface area contributed by atoms with Gasteiger partial charge in [0.05, 0.1) is 5.66 Å². The van der Waals surface area contributed by atoms with Crippen LogP contribution in [0.2, 0.25) is 5.02 Å². The second kappa shape index (κ2) is 5.68. The number of halogens is 2. The van der Waals surface area contributed by atoms with Crippen molar-refractivity contribution in [3.8, 4) is 0 Å². The standard InChI is InChI=1S/C13H9ClFPS/c14-11-5-1-9(2-6-11)13(16-17)10-3-7-12(15)8-4-10/h1-8,13H. The Balaban J connectivity index is 2.36. The Morgan fingerprint density at radius 3 is 1.88 bits per heavy atom. The van der Waals surface area contributed by atoms with Crippen LogP contribution in [0.1, 0.15) is 16.8 Å². The molecule has 17 heavy (non-hydrogen) atoms. The fourth-order valence-corrected chi connectivity index (χ4v) is 3.05. The van der Waals surface area contributed by atoms with Crippen LogP contribution in [0.15, 0.2) is 48.5 Å². The topological polar surface area (TPSA) is 0 Å². The molecule has 0 saturated heterocycles. The van der Waals surface area contributed by atoms with E-state index in [-0.39, 0.29) is 11.5 Å². The van der Waals surface area contributed by atoms with E-state index in [0.29, 0.717) is 5.02 Å². The van der Waals surface area contributed by atoms with Gasteiger partial charge in [0.15, 0.2) is 0 Å². The number of benzene rings is 2. The summed E-state index contributed by atoms with van der Waals surface area (Å²) in [5.74, 6) is -0.232. The minimum Gasteiger partial charge on any atom is -0.207 e. The molecule has 0 nitrogen and oxygen atoms in total. The first-order valence-corrected chi connectivity index (χ1v) is 7.39. The Labute approximate surface area is 111 Å². The molecule has 1 atom stereocenters. The number of rotatable bonds is 3. The normalized spacial score (nSPS) is 12.6. The lowest BCUT2D eigenvalue weighted by atomic mass is 10.0. The van der Waals surface area contributed by atoms with Crippen molar-refractivity contribution in [1.82, 2.24) is 0 Å². The monoisotopic (exact) mass is 282 g/mol. The summed E-state index contributed by atoms with van der Waals surface area (Å²) in [4.78, 5) is 0. The van der Waals surface area contributed by atoms with Crippen molar-refractivity contribution in [3.63, 3.8) is 0 Å². The van der Waals surface area contributed by atoms with Crippen molar-refractivity contribution in [3.05, 3.63) is 70.5 Å². The Hall–Kier alpha value is -0.820. The third-order valence-corrected chi connectivity index (χ3v) is 4.17. The van der Waals surface area contributed by atoms with Crippen molar-refractivity contribution in [2.45, 2.75) is 5.66 Å². The molecule has 2 aromatic rings. The molecular weight excluding hydrogens is 274 g/mol. The van der Waals surface area contributed by atoms with Gasteiger partial charge < -0.3 is 0 Å². The molecule has 0 aliphatic rings. The molecule has 0 radical (unpaired) electrons. The van der Waals surface area contributed by atoms with Gasteiger partial charge in [0.1, 0.15) is 5.82 Å². The van der Waals surface area contributed by atoms with Gasteiger partial charge >= 0.3 is 0 Å². The van der Waals surface area contributed by atoms with Crippen molar-refractivity contribution in [2.75, 3.05) is 0 Å². The predicted molar refractivity (Wildman–Crippen MR) is 74.0 cm³/mol. The molecule has 1 unspecified atom stereocenters. The highest BCUT2D eigenvalue weighted by Crippen LogP contribution is 2.34. The van der Waals surface area contributed by atoms with Gasteiger partial charge in [-0.3, -0.25) is 0 Å². The van der Waals surface area contributed by atoms with Crippen LogP contribution in [0.5, 0.6) is 0 Å². The lowest BCUT2D eigenvalue weighted by Gasteiger charge is -2.11. The third-order valence-electron chi connectivity index (χ3n) is 2.48. The summed E-state index contributed by atoms with van der Waals surface area (Å²) in [6, 6.07) is 14.0. The number of hydrogen-bond acceptors (Lipinski definition) is 1. The van der Waals surface area contributed by atoms with Crippen LogP contribution in [0.3, 0.4) is 0 Å². The molecule has 0 amide bonds. The van der Waals surface area contributed by atoms with E-state index in [9.17, 15) is 4.39 Å². The van der Waals surface area contributed by atoms with E-state index in [1.54, 1.807) is 12.1 Å². The van der Waals surface area contributed by atoms with E-state index in [1.165, 1.54) is 12.1 Å². The predicted octanol–water partition coefficient (Wildman–Crippen LogP) is 4.98. The van der Waals surface area contributed by atoms with Gasteiger partial charge in [0.25, 0.3) is 0 Å². The molecule has 2 aromatic carbocycles. The lowest BCUT2D eigenvalue weighted by Crippen LogP contribution is -1.93. The lowest BCUT2D eigenvalue weighted by molar-refractivity contribution is 0.627. The maximum atomic E-state index is 12.9. The van der Waals surface area contributed by atoms with Gasteiger partial charge in [-0.1, -0.05) is 47.7 Å². The van der Waals surface area contributed by atoms with Crippen LogP contribution in [-0.2, 0) is 11.8 Å². The van der Waals surface area contributed by atoms with Gasteiger partial charge in [-0.2, -0.15) is 0 Å². The van der Waals surface area contributed by atoms with Crippen LogP contribution >= 0.6 is 19.0 Å². The maximum absolute atomic E-state index is 12.9. The van der Waals surface area contributed by atoms with E-state index in [4.69, 9.17) is 23.4 Å². The average Bonchev–Trinajstić information content (AvgIpc) is 2.35. The van der Waals surface area contributed by atoms with Crippen LogP contribution in [-0.4, -0.2) is 0 Å². The smallest absolute Gasteiger partial charge is 0.123 e. The average molecular weight is 283 g/mol. The van der Waals surface area contributed by atoms with Gasteiger partial charge in [0.2, 0.25) is 0 Å². The summed E-state index contributed by atoms with van der Waals surface area (Å²) < 4.78 is 12.9. The first kappa shape index (κ1) is 12.6. The SMILES string of the molecule is Fc1ccc(C(P=S)c2ccc(Cl)cc2)cc1. The van der Waals surface area contributed by atoms with Crippen molar-refractivity contribution in [1.29, 1.82) is 0 Å². The molecule has 4 heteroatoms. The van der Waals surface area contributed by atoms with Gasteiger partial charge in [-0.25, -0.2) is 4.39 Å². The first-order valence-electron chi connectivity index (χ1n) is 5.04. The molecule has 0 N–H and O–H groups in total. The summed E-state index contributed by atoms with van der Waals surface area (Å²) in [6.45, 7) is 0. The zero-order valence-electron chi connectivity index (χ0n) is 8.81. The Bertz CT molecular complexity index is 464. The zero-order valence-corrected chi connectivity index (χ0v) is 11.3. The molecule has 0 aliphatic carbocycles. The van der Waals surface area contributed by atoms with Crippen molar-refractivity contribution < 1.29 is 4.39 Å². The zero-order chi connectivity index (χ0) is 12.3. The van der Waals surface area contributed by atoms with Crippen molar-refractivity contribution >= 4 is 30.8 Å². The van der Waals surface area contributed by atoms with Crippen LogP contribution < -0.4 is 0 Å². The molecule has 0 spiro atoms. The Morgan fingerprint density at radius 2 is 1.41 bits per heavy atom. The summed E-state index contributed by atoms with van der Waals surface area (Å²) in [5, 5.41) is 0.702. The maximum Gasteiger partial charge on any atom is 0.123 e. The summed E-state index contributed by atoms with van der Waals surface area (Å²) in [6.07, 6.45) is 0. The first-order chi connectivity index (χ1) is 8.20. The summed E-state index contributed by atoms with van der Waals surface area (Å²) >= 11 is 11.0. The second-order valence-corrected chi connectivity index (χ2v) is 5.41. The molecule has 0 aromatic heterocycles. The largest absolute Gasteiger partial charge is 0.207 e. The van der Waals surface area contributed by atoms with E-state index in [0.717, 1.165) is 18.5 Å². The molecule has 0 fully saturated rings. The molecule has 0 bridgehead atoms. The molecule has 2 rings (SSSR count). The summed E-state index contributed by atoms with van der Waals surface area (Å²) in [5.41, 5.74) is 2.20. The van der Waals surface area contributed by atoms with Gasteiger partial charge in [-0.15, -0.1) is 0 Å². The van der Waals surface area contributed by atoms with E-state index < -0.39 is 0 Å². The molecule has 86 valence electrons. The Morgan fingerprint density at radius 1 is 0.941 bits per heavy atom. The highest BCUT2D eigenvalue weighted by atomic mass is 35.5. The van der Waals surface area contributed by atoms with E-state index in [2.05, 4.69) is 0 Å². The van der Waals surface area contributed by atoms with Crippen LogP contribution in [0.25, 0.3) is 0 Å². The highest BCUT2D eigenvalue weighted by Gasteiger charge is 2.11. The Kier molecular flexibility index (Phi) is 4.22. The van der Waals surface area contributed by atoms with Gasteiger partial charge in [0, 0.05) is 5.02 Å². The second-order valence-electron chi connectivity index (χ2n) is 3.61. The molecule has 0 saturated carbocycles. The number of hydrogen-bond donors (Lipinski definition) is 0. The fraction of sp³-hybridized carbons (Fsp3) is 0.0769. The van der Waals surface area contributed by atoms with E-state index >= 15 is 0 Å². The summed E-state index contributed by atoms with van der Waals surface area (Å²) in [7, 11) is 0.810. The van der Waals surface area contributed by atoms with Crippen LogP contribution in [0, 0.1) is 5.82 Å². The van der Waals surface area contributed by atoms with Crippen LogP contribution in [0.4, 0.5) is 4.39 Å². The molecule has 0 heterocycles. The van der Waals surface area contributed by atoms with Crippen molar-refractivity contribution in [2.24, 2.45) is 0 Å². The third kappa shape index (κ3) is 3.10. The highest BCUT2D eigenvalue weighted by molar-refractivity contribution is 7.96.